The summed E-state index contributed by atoms with van der Waals surface area (Å²) in [4.78, 5) is 69.4. The van der Waals surface area contributed by atoms with Crippen molar-refractivity contribution in [3.05, 3.63) is 58.2 Å². The number of ether oxygens (including phenoxy) is 2. The van der Waals surface area contributed by atoms with Crippen LogP contribution in [0.15, 0.2) is 41.9 Å². The zero-order valence-corrected chi connectivity index (χ0v) is 38.5. The Morgan fingerprint density at radius 2 is 1.89 bits per heavy atom. The van der Waals surface area contributed by atoms with Gasteiger partial charge in [-0.15, -0.1) is 11.3 Å². The van der Waals surface area contributed by atoms with Crippen LogP contribution in [0.3, 0.4) is 0 Å². The van der Waals surface area contributed by atoms with Crippen LogP contribution >= 0.6 is 11.3 Å². The second kappa shape index (κ2) is 19.0. The molecule has 1 fully saturated rings. The summed E-state index contributed by atoms with van der Waals surface area (Å²) >= 11 is 1.43. The lowest BCUT2D eigenvalue weighted by Crippen LogP contribution is -2.62. The number of nitrogens with zero attached hydrogens (tertiary/aromatic N) is 6. The average Bonchev–Trinajstić information content (AvgIpc) is 3.83. The third-order valence-electron chi connectivity index (χ3n) is 12.0. The molecule has 61 heavy (non-hydrogen) atoms. The standard InChI is InChI=1S/C46H64N8O6S/c1-12-52(28(5)6)45(58)51(10)40(27(3)4)42(55)49-35-23-38-48-36(25-61-38)30-18-19-37-32(22-30)33(41(53(37)13-2)31-16-14-20-47-39(31)29(7)59-11)24-46(8,9)26-60-44(57)34-17-15-21-54(50-34)43(35)56/h14,16,18-20,22,25,27-29,34-35,40,50H,12-13,15,17,21,23-24,26H2,1-11H3,(H,49,55)/t29-,34-,35-,40-/m0/s1. The normalized spacial score (nSPS) is 19.4. The fourth-order valence-corrected chi connectivity index (χ4v) is 9.64. The Morgan fingerprint density at radius 3 is 2.56 bits per heavy atom. The van der Waals surface area contributed by atoms with Gasteiger partial charge in [0.2, 0.25) is 5.91 Å². The van der Waals surface area contributed by atoms with Gasteiger partial charge in [-0.05, 0) is 89.6 Å². The van der Waals surface area contributed by atoms with E-state index in [0.29, 0.717) is 43.9 Å². The van der Waals surface area contributed by atoms with Gasteiger partial charge in [0.05, 0.1) is 34.8 Å². The highest BCUT2D eigenvalue weighted by Crippen LogP contribution is 2.42. The molecule has 6 bridgehead atoms. The molecule has 4 atom stereocenters. The number of aromatic nitrogens is 3. The minimum absolute atomic E-state index is 0.0613. The van der Waals surface area contributed by atoms with E-state index in [-0.39, 0.29) is 37.1 Å². The number of hydrazine groups is 1. The van der Waals surface area contributed by atoms with Gasteiger partial charge >= 0.3 is 12.0 Å². The number of cyclic esters (lactones) is 1. The summed E-state index contributed by atoms with van der Waals surface area (Å²) in [7, 11) is 3.32. The van der Waals surface area contributed by atoms with Crippen molar-refractivity contribution in [2.24, 2.45) is 11.3 Å². The maximum Gasteiger partial charge on any atom is 0.324 e. The van der Waals surface area contributed by atoms with Crippen molar-refractivity contribution >= 4 is 46.1 Å². The number of hydrogen-bond donors (Lipinski definition) is 2. The number of thiazole rings is 1. The van der Waals surface area contributed by atoms with Gasteiger partial charge in [0.15, 0.2) is 0 Å². The summed E-state index contributed by atoms with van der Waals surface area (Å²) in [6.45, 7) is 19.6. The molecular formula is C46H64N8O6S. The number of aryl methyl sites for hydroxylation is 1. The van der Waals surface area contributed by atoms with Crippen molar-refractivity contribution < 1.29 is 28.7 Å². The van der Waals surface area contributed by atoms with E-state index >= 15 is 0 Å². The van der Waals surface area contributed by atoms with E-state index in [1.54, 1.807) is 25.3 Å². The number of carbonyl (C=O) groups is 4. The van der Waals surface area contributed by atoms with Gasteiger partial charge in [-0.2, -0.15) is 0 Å². The number of amides is 4. The van der Waals surface area contributed by atoms with Crippen LogP contribution in [-0.4, -0.2) is 111 Å². The van der Waals surface area contributed by atoms with Crippen LogP contribution < -0.4 is 10.7 Å². The van der Waals surface area contributed by atoms with E-state index in [1.165, 1.54) is 21.2 Å². The molecule has 14 nitrogen and oxygen atoms in total. The summed E-state index contributed by atoms with van der Waals surface area (Å²) in [5.41, 5.74) is 9.38. The minimum Gasteiger partial charge on any atom is -0.464 e. The van der Waals surface area contributed by atoms with Crippen molar-refractivity contribution in [2.45, 2.75) is 125 Å². The van der Waals surface area contributed by atoms with Gasteiger partial charge < -0.3 is 29.2 Å². The predicted octanol–water partition coefficient (Wildman–Crippen LogP) is 7.01. The third kappa shape index (κ3) is 9.63. The second-order valence-corrected chi connectivity index (χ2v) is 18.7. The number of fused-ring (bicyclic) bond motifs is 6. The number of rotatable bonds is 10. The highest BCUT2D eigenvalue weighted by atomic mass is 32.1. The van der Waals surface area contributed by atoms with Crippen molar-refractivity contribution in [3.8, 4) is 22.5 Å². The summed E-state index contributed by atoms with van der Waals surface area (Å²) in [6, 6.07) is 7.48. The van der Waals surface area contributed by atoms with Crippen molar-refractivity contribution in [1.82, 2.24) is 40.1 Å². The molecule has 0 aliphatic carbocycles. The van der Waals surface area contributed by atoms with Gasteiger partial charge in [-0.3, -0.25) is 24.4 Å². The molecule has 15 heteroatoms. The van der Waals surface area contributed by atoms with Crippen LogP contribution in [0.1, 0.15) is 97.5 Å². The Balaban J connectivity index is 1.45. The number of nitrogens with one attached hydrogen (secondary N) is 2. The Hall–Kier alpha value is -4.86. The van der Waals surface area contributed by atoms with E-state index in [0.717, 1.165) is 44.7 Å². The maximum atomic E-state index is 14.5. The maximum absolute atomic E-state index is 14.5. The average molecular weight is 857 g/mol. The first-order chi connectivity index (χ1) is 29.0. The van der Waals surface area contributed by atoms with Crippen LogP contribution in [-0.2, 0) is 43.2 Å². The quantitative estimate of drug-likeness (QED) is 0.161. The van der Waals surface area contributed by atoms with Gasteiger partial charge in [-0.1, -0.05) is 33.8 Å². The fourth-order valence-electron chi connectivity index (χ4n) is 8.79. The van der Waals surface area contributed by atoms with E-state index < -0.39 is 41.3 Å². The van der Waals surface area contributed by atoms with E-state index in [4.69, 9.17) is 19.4 Å². The number of urea groups is 1. The van der Waals surface area contributed by atoms with Crippen LogP contribution in [0.25, 0.3) is 33.4 Å². The summed E-state index contributed by atoms with van der Waals surface area (Å²) < 4.78 is 14.2. The molecular weight excluding hydrogens is 793 g/mol. The Labute approximate surface area is 364 Å². The largest absolute Gasteiger partial charge is 0.464 e. The number of esters is 1. The van der Waals surface area contributed by atoms with E-state index in [1.807, 2.05) is 53.0 Å². The van der Waals surface area contributed by atoms with Crippen LogP contribution in [0.5, 0.6) is 0 Å². The van der Waals surface area contributed by atoms with Crippen LogP contribution in [0, 0.1) is 11.3 Å². The minimum atomic E-state index is -1.04. The lowest BCUT2D eigenvalue weighted by molar-refractivity contribution is -0.155. The molecule has 5 heterocycles. The number of carbonyl (C=O) groups excluding carboxylic acids is 4. The summed E-state index contributed by atoms with van der Waals surface area (Å²) in [6.07, 6.45) is 3.30. The molecule has 3 aromatic heterocycles. The topological polar surface area (TPSA) is 151 Å². The second-order valence-electron chi connectivity index (χ2n) is 17.7. The van der Waals surface area contributed by atoms with Crippen LogP contribution in [0.2, 0.25) is 0 Å². The molecule has 0 unspecified atom stereocenters. The molecule has 2 N–H and O–H groups in total. The number of methoxy groups -OCH3 is 1. The predicted molar refractivity (Wildman–Crippen MR) is 239 cm³/mol. The highest BCUT2D eigenvalue weighted by Gasteiger charge is 2.39. The molecule has 1 saturated heterocycles. The SMILES string of the molecule is CCN(C(=O)N(C)[C@H](C(=O)N[C@H]1Cc2nc(cs2)-c2ccc3c(c2)c(c(-c2cccnc2[C@H](C)OC)n3CC)CC(C)(C)COC(=O)[C@@H]2CCCN(N2)C1=O)C(C)C)C(C)C. The molecule has 330 valence electrons. The van der Waals surface area contributed by atoms with Gasteiger partial charge in [0, 0.05) is 85.3 Å². The lowest BCUT2D eigenvalue weighted by atomic mass is 9.84. The Kier molecular flexibility index (Phi) is 14.3. The van der Waals surface area contributed by atoms with Crippen molar-refractivity contribution in [3.63, 3.8) is 0 Å². The van der Waals surface area contributed by atoms with E-state index in [9.17, 15) is 19.2 Å². The lowest BCUT2D eigenvalue weighted by Gasteiger charge is -2.38. The smallest absolute Gasteiger partial charge is 0.324 e. The number of pyridine rings is 1. The molecule has 0 saturated carbocycles. The van der Waals surface area contributed by atoms with Gasteiger partial charge in [0.1, 0.15) is 18.1 Å². The van der Waals surface area contributed by atoms with Crippen molar-refractivity contribution in [2.75, 3.05) is 33.9 Å². The molecule has 4 amide bonds. The molecule has 0 spiro atoms. The Morgan fingerprint density at radius 1 is 1.13 bits per heavy atom. The van der Waals surface area contributed by atoms with Gasteiger partial charge in [0.25, 0.3) is 5.91 Å². The summed E-state index contributed by atoms with van der Waals surface area (Å²) in [5.74, 6) is -1.53. The third-order valence-corrected chi connectivity index (χ3v) is 12.9. The number of hydrogen-bond acceptors (Lipinski definition) is 10. The Bertz CT molecular complexity index is 2230. The molecule has 4 aromatic rings. The van der Waals surface area contributed by atoms with E-state index in [2.05, 4.69) is 60.3 Å². The zero-order valence-electron chi connectivity index (χ0n) is 37.7. The molecule has 0 radical (unpaired) electrons. The van der Waals surface area contributed by atoms with Crippen molar-refractivity contribution in [1.29, 1.82) is 0 Å². The highest BCUT2D eigenvalue weighted by molar-refractivity contribution is 7.10. The first-order valence-corrected chi connectivity index (χ1v) is 22.5. The molecule has 1 aromatic carbocycles. The monoisotopic (exact) mass is 856 g/mol. The first-order valence-electron chi connectivity index (χ1n) is 21.7. The molecule has 2 aliphatic rings. The zero-order chi connectivity index (χ0) is 44.3. The summed E-state index contributed by atoms with van der Waals surface area (Å²) in [5, 5.41) is 8.18. The van der Waals surface area contributed by atoms with Gasteiger partial charge in [-0.25, -0.2) is 15.2 Å². The molecule has 6 rings (SSSR count). The molecule has 2 aliphatic heterocycles. The fraction of sp³-hybridized carbons (Fsp3) is 0.565. The first kappa shape index (κ1) is 45.7. The van der Waals surface area contributed by atoms with Crippen LogP contribution in [0.4, 0.5) is 4.79 Å². The number of benzene rings is 1. The number of likely N-dealkylation sites (N-methyl/N-ethyl adjacent to an activating group) is 1.